The van der Waals surface area contributed by atoms with E-state index in [4.69, 9.17) is 15.2 Å². The minimum absolute atomic E-state index is 0. The number of rotatable bonds is 5. The minimum atomic E-state index is -0.429. The van der Waals surface area contributed by atoms with E-state index in [1.807, 2.05) is 48.5 Å². The molecule has 22 heavy (non-hydrogen) atoms. The Kier molecular flexibility index (Phi) is 6.89. The number of nitrogens with two attached hydrogens (primary N) is 1. The molecule has 0 saturated carbocycles. The van der Waals surface area contributed by atoms with Crippen LogP contribution in [0.25, 0.3) is 11.1 Å². The van der Waals surface area contributed by atoms with Crippen LogP contribution in [0.5, 0.6) is 5.75 Å². The van der Waals surface area contributed by atoms with Crippen LogP contribution in [0.2, 0.25) is 0 Å². The molecular weight excluding hydrogens is 302 g/mol. The lowest BCUT2D eigenvalue weighted by molar-refractivity contribution is -0.142. The Morgan fingerprint density at radius 1 is 1.09 bits per heavy atom. The molecule has 0 radical (unpaired) electrons. The van der Waals surface area contributed by atoms with E-state index >= 15 is 0 Å². The maximum Gasteiger partial charge on any atom is 0.314 e. The second-order valence-corrected chi connectivity index (χ2v) is 4.63. The monoisotopic (exact) mass is 321 g/mol. The second-order valence-electron chi connectivity index (χ2n) is 4.63. The highest BCUT2D eigenvalue weighted by Crippen LogP contribution is 2.30. The molecule has 0 saturated heterocycles. The number of hydrogen-bond acceptors (Lipinski definition) is 4. The summed E-state index contributed by atoms with van der Waals surface area (Å²) in [5.74, 6) is 0.0675. The Balaban J connectivity index is 0.00000242. The zero-order valence-electron chi connectivity index (χ0n) is 12.6. The van der Waals surface area contributed by atoms with Gasteiger partial charge in [-0.1, -0.05) is 42.5 Å². The van der Waals surface area contributed by atoms with Crippen molar-refractivity contribution in [1.29, 1.82) is 0 Å². The van der Waals surface area contributed by atoms with Crippen molar-refractivity contribution in [2.24, 2.45) is 5.73 Å². The number of methoxy groups -OCH3 is 2. The average Bonchev–Trinajstić information content (AvgIpc) is 2.56. The van der Waals surface area contributed by atoms with Gasteiger partial charge in [0.25, 0.3) is 0 Å². The number of para-hydroxylation sites is 1. The largest absolute Gasteiger partial charge is 0.496 e. The number of ether oxygens (including phenoxy) is 2. The Morgan fingerprint density at radius 2 is 1.73 bits per heavy atom. The van der Waals surface area contributed by atoms with E-state index in [0.717, 1.165) is 22.4 Å². The molecule has 118 valence electrons. The lowest BCUT2D eigenvalue weighted by atomic mass is 9.96. The third kappa shape index (κ3) is 3.78. The van der Waals surface area contributed by atoms with Gasteiger partial charge in [0.1, 0.15) is 5.75 Å². The van der Waals surface area contributed by atoms with Gasteiger partial charge >= 0.3 is 5.97 Å². The lowest BCUT2D eigenvalue weighted by Crippen LogP contribution is -2.22. The molecule has 0 amide bonds. The molecule has 4 nitrogen and oxygen atoms in total. The van der Waals surface area contributed by atoms with Crippen molar-refractivity contribution >= 4 is 18.4 Å². The molecule has 0 fully saturated rings. The fraction of sp³-hybridized carbons (Fsp3) is 0.235. The molecule has 0 heterocycles. The SMILES string of the molecule is COC(=O)C(CN)c1ccc(-c2ccccc2OC)cc1.Cl. The van der Waals surface area contributed by atoms with Gasteiger partial charge in [-0.05, 0) is 17.2 Å². The number of halogens is 1. The zero-order chi connectivity index (χ0) is 15.2. The normalized spacial score (nSPS) is 11.2. The van der Waals surface area contributed by atoms with Gasteiger partial charge in [-0.15, -0.1) is 12.4 Å². The van der Waals surface area contributed by atoms with E-state index in [1.54, 1.807) is 7.11 Å². The zero-order valence-corrected chi connectivity index (χ0v) is 13.4. The van der Waals surface area contributed by atoms with E-state index in [2.05, 4.69) is 0 Å². The molecule has 0 aliphatic heterocycles. The van der Waals surface area contributed by atoms with E-state index in [1.165, 1.54) is 7.11 Å². The van der Waals surface area contributed by atoms with Gasteiger partial charge in [-0.2, -0.15) is 0 Å². The topological polar surface area (TPSA) is 61.5 Å². The quantitative estimate of drug-likeness (QED) is 0.860. The van der Waals surface area contributed by atoms with Crippen molar-refractivity contribution in [3.63, 3.8) is 0 Å². The summed E-state index contributed by atoms with van der Waals surface area (Å²) in [6.07, 6.45) is 0. The molecule has 2 aromatic rings. The van der Waals surface area contributed by atoms with Crippen molar-refractivity contribution in [2.45, 2.75) is 5.92 Å². The van der Waals surface area contributed by atoms with Crippen LogP contribution < -0.4 is 10.5 Å². The third-order valence-electron chi connectivity index (χ3n) is 3.45. The van der Waals surface area contributed by atoms with Crippen LogP contribution in [0.15, 0.2) is 48.5 Å². The van der Waals surface area contributed by atoms with Crippen LogP contribution in [0.3, 0.4) is 0 Å². The van der Waals surface area contributed by atoms with Gasteiger partial charge in [0.05, 0.1) is 20.1 Å². The van der Waals surface area contributed by atoms with Gasteiger partial charge < -0.3 is 15.2 Å². The number of esters is 1. The smallest absolute Gasteiger partial charge is 0.314 e. The van der Waals surface area contributed by atoms with Crippen molar-refractivity contribution in [1.82, 2.24) is 0 Å². The van der Waals surface area contributed by atoms with Crippen LogP contribution in [-0.4, -0.2) is 26.7 Å². The van der Waals surface area contributed by atoms with Crippen LogP contribution in [0.1, 0.15) is 11.5 Å². The summed E-state index contributed by atoms with van der Waals surface area (Å²) < 4.78 is 10.1. The predicted molar refractivity (Wildman–Crippen MR) is 89.5 cm³/mol. The van der Waals surface area contributed by atoms with Crippen LogP contribution >= 0.6 is 12.4 Å². The fourth-order valence-corrected chi connectivity index (χ4v) is 2.29. The van der Waals surface area contributed by atoms with E-state index < -0.39 is 5.92 Å². The van der Waals surface area contributed by atoms with Crippen molar-refractivity contribution < 1.29 is 14.3 Å². The Labute approximate surface area is 136 Å². The number of benzene rings is 2. The standard InChI is InChI=1S/C17H19NO3.ClH/c1-20-16-6-4-3-5-14(16)12-7-9-13(10-8-12)15(11-18)17(19)21-2;/h3-10,15H,11,18H2,1-2H3;1H. The van der Waals surface area contributed by atoms with Crippen molar-refractivity contribution in [3.8, 4) is 16.9 Å². The lowest BCUT2D eigenvalue weighted by Gasteiger charge is -2.14. The maximum absolute atomic E-state index is 11.7. The number of carbonyl (C=O) groups is 1. The summed E-state index contributed by atoms with van der Waals surface area (Å²) in [6, 6.07) is 15.5. The first-order valence-electron chi connectivity index (χ1n) is 6.72. The predicted octanol–water partition coefficient (Wildman–Crippen LogP) is 3.00. The molecule has 0 bridgehead atoms. The molecular formula is C17H20ClNO3. The third-order valence-corrected chi connectivity index (χ3v) is 3.45. The summed E-state index contributed by atoms with van der Waals surface area (Å²) in [5.41, 5.74) is 8.54. The molecule has 0 aliphatic rings. The minimum Gasteiger partial charge on any atom is -0.496 e. The van der Waals surface area contributed by atoms with Gasteiger partial charge in [0.15, 0.2) is 0 Å². The molecule has 5 heteroatoms. The highest BCUT2D eigenvalue weighted by atomic mass is 35.5. The molecule has 1 unspecified atom stereocenters. The van der Waals surface area contributed by atoms with Crippen LogP contribution in [0.4, 0.5) is 0 Å². The molecule has 1 atom stereocenters. The van der Waals surface area contributed by atoms with E-state index in [0.29, 0.717) is 0 Å². The average molecular weight is 322 g/mol. The summed E-state index contributed by atoms with van der Waals surface area (Å²) in [7, 11) is 3.02. The first kappa shape index (κ1) is 18.0. The van der Waals surface area contributed by atoms with E-state index in [-0.39, 0.29) is 24.9 Å². The van der Waals surface area contributed by atoms with Gasteiger partial charge in [-0.3, -0.25) is 4.79 Å². The first-order valence-corrected chi connectivity index (χ1v) is 6.72. The summed E-state index contributed by atoms with van der Waals surface area (Å²) in [4.78, 5) is 11.7. The van der Waals surface area contributed by atoms with Gasteiger partial charge in [0, 0.05) is 12.1 Å². The van der Waals surface area contributed by atoms with Gasteiger partial charge in [0.2, 0.25) is 0 Å². The summed E-state index contributed by atoms with van der Waals surface area (Å²) >= 11 is 0. The Morgan fingerprint density at radius 3 is 2.27 bits per heavy atom. The van der Waals surface area contributed by atoms with Gasteiger partial charge in [-0.25, -0.2) is 0 Å². The Bertz CT molecular complexity index is 614. The maximum atomic E-state index is 11.7. The summed E-state index contributed by atoms with van der Waals surface area (Å²) in [6.45, 7) is 0.223. The molecule has 2 rings (SSSR count). The van der Waals surface area contributed by atoms with Crippen LogP contribution in [-0.2, 0) is 9.53 Å². The molecule has 0 spiro atoms. The molecule has 0 aromatic heterocycles. The number of hydrogen-bond donors (Lipinski definition) is 1. The second kappa shape index (κ2) is 8.41. The fourth-order valence-electron chi connectivity index (χ4n) is 2.29. The van der Waals surface area contributed by atoms with Crippen LogP contribution in [0, 0.1) is 0 Å². The highest BCUT2D eigenvalue weighted by Gasteiger charge is 2.19. The molecule has 0 aliphatic carbocycles. The highest BCUT2D eigenvalue weighted by molar-refractivity contribution is 5.85. The molecule has 2 N–H and O–H groups in total. The first-order chi connectivity index (χ1) is 10.2. The summed E-state index contributed by atoms with van der Waals surface area (Å²) in [5, 5.41) is 0. The Hall–Kier alpha value is -2.04. The van der Waals surface area contributed by atoms with Crippen molar-refractivity contribution in [2.75, 3.05) is 20.8 Å². The van der Waals surface area contributed by atoms with E-state index in [9.17, 15) is 4.79 Å². The van der Waals surface area contributed by atoms with Crippen molar-refractivity contribution in [3.05, 3.63) is 54.1 Å². The number of carbonyl (C=O) groups excluding carboxylic acids is 1. The molecule has 2 aromatic carbocycles.